The Kier molecular flexibility index (Phi) is 13.5. The van der Waals surface area contributed by atoms with Gasteiger partial charge in [0.25, 0.3) is 0 Å². The van der Waals surface area contributed by atoms with Crippen molar-refractivity contribution < 1.29 is 0 Å². The minimum Gasteiger partial charge on any atom is -0.0853 e. The minimum absolute atomic E-state index is 0.859. The van der Waals surface area contributed by atoms with Gasteiger partial charge in [-0.1, -0.05) is 84.3 Å². The second kappa shape index (κ2) is 13.7. The summed E-state index contributed by atoms with van der Waals surface area (Å²) in [5, 5.41) is 0. The molecule has 0 aromatic heterocycles. The van der Waals surface area contributed by atoms with Gasteiger partial charge in [-0.2, -0.15) is 0 Å². The number of unbranched alkanes of at least 4 members (excludes halogenated alkanes) is 3. The Morgan fingerprint density at radius 1 is 0.800 bits per heavy atom. The van der Waals surface area contributed by atoms with Crippen LogP contribution in [0.2, 0.25) is 0 Å². The topological polar surface area (TPSA) is 0 Å². The van der Waals surface area contributed by atoms with Crippen LogP contribution in [0.4, 0.5) is 0 Å². The Bertz CT molecular complexity index is 226. The van der Waals surface area contributed by atoms with Gasteiger partial charge in [0.15, 0.2) is 0 Å². The summed E-state index contributed by atoms with van der Waals surface area (Å²) in [6, 6.07) is 0. The Labute approximate surface area is 129 Å². The van der Waals surface area contributed by atoms with Crippen molar-refractivity contribution in [1.82, 2.24) is 0 Å². The van der Waals surface area contributed by atoms with E-state index < -0.39 is 0 Å². The van der Waals surface area contributed by atoms with E-state index in [-0.39, 0.29) is 0 Å². The zero-order chi connectivity index (χ0) is 15.2. The van der Waals surface area contributed by atoms with Gasteiger partial charge in [0.2, 0.25) is 0 Å². The smallest absolute Gasteiger partial charge is 0.0206 e. The van der Waals surface area contributed by atoms with Crippen LogP contribution in [0, 0.1) is 11.8 Å². The number of allylic oxidation sites excluding steroid dienone is 2. The lowest BCUT2D eigenvalue weighted by atomic mass is 9.89. The van der Waals surface area contributed by atoms with Crippen LogP contribution in [-0.2, 0) is 0 Å². The van der Waals surface area contributed by atoms with Crippen molar-refractivity contribution in [3.05, 3.63) is 11.6 Å². The summed E-state index contributed by atoms with van der Waals surface area (Å²) >= 11 is 0. The Balaban J connectivity index is 3.95. The summed E-state index contributed by atoms with van der Waals surface area (Å²) in [6.07, 6.45) is 17.7. The molecule has 0 N–H and O–H groups in total. The molecule has 0 aromatic rings. The normalized spacial score (nSPS) is 15.3. The van der Waals surface area contributed by atoms with Gasteiger partial charge in [-0.25, -0.2) is 0 Å². The average molecular weight is 281 g/mol. The Morgan fingerprint density at radius 2 is 1.40 bits per heavy atom. The summed E-state index contributed by atoms with van der Waals surface area (Å²) < 4.78 is 0. The van der Waals surface area contributed by atoms with E-state index in [2.05, 4.69) is 40.7 Å². The molecular formula is C20H40. The zero-order valence-corrected chi connectivity index (χ0v) is 15.0. The Hall–Kier alpha value is -0.260. The molecule has 0 fully saturated rings. The second-order valence-corrected chi connectivity index (χ2v) is 6.75. The van der Waals surface area contributed by atoms with Gasteiger partial charge in [-0.15, -0.1) is 0 Å². The lowest BCUT2D eigenvalue weighted by Crippen LogP contribution is -2.02. The van der Waals surface area contributed by atoms with Crippen LogP contribution < -0.4 is 0 Å². The molecule has 0 saturated heterocycles. The fourth-order valence-corrected chi connectivity index (χ4v) is 3.06. The summed E-state index contributed by atoms with van der Waals surface area (Å²) in [4.78, 5) is 0. The van der Waals surface area contributed by atoms with Crippen molar-refractivity contribution in [1.29, 1.82) is 0 Å². The van der Waals surface area contributed by atoms with Gasteiger partial charge in [-0.05, 0) is 44.4 Å². The minimum atomic E-state index is 0.859. The van der Waals surface area contributed by atoms with E-state index in [1.54, 1.807) is 5.57 Å². The first-order valence-corrected chi connectivity index (χ1v) is 9.32. The highest BCUT2D eigenvalue weighted by Gasteiger charge is 2.09. The Morgan fingerprint density at radius 3 is 2.00 bits per heavy atom. The molecule has 2 atom stereocenters. The van der Waals surface area contributed by atoms with Crippen molar-refractivity contribution in [2.45, 2.75) is 105 Å². The molecule has 0 aliphatic heterocycles. The highest BCUT2D eigenvalue weighted by molar-refractivity contribution is 5.03. The molecule has 0 heteroatoms. The van der Waals surface area contributed by atoms with E-state index in [1.807, 2.05) is 0 Å². The SMILES string of the molecule is CCCCC(C)CCCC=C(C)C(CCC)CCCC. The van der Waals surface area contributed by atoms with E-state index in [1.165, 1.54) is 70.6 Å². The molecule has 0 radical (unpaired) electrons. The second-order valence-electron chi connectivity index (χ2n) is 6.75. The third-order valence-electron chi connectivity index (χ3n) is 4.61. The maximum absolute atomic E-state index is 2.54. The van der Waals surface area contributed by atoms with Gasteiger partial charge in [-0.3, -0.25) is 0 Å². The number of rotatable bonds is 13. The predicted octanol–water partition coefficient (Wildman–Crippen LogP) is 7.54. The molecule has 20 heavy (non-hydrogen) atoms. The molecule has 0 saturated carbocycles. The van der Waals surface area contributed by atoms with Crippen molar-refractivity contribution in [2.24, 2.45) is 11.8 Å². The molecular weight excluding hydrogens is 240 g/mol. The molecule has 0 spiro atoms. The van der Waals surface area contributed by atoms with E-state index in [4.69, 9.17) is 0 Å². The van der Waals surface area contributed by atoms with Gasteiger partial charge < -0.3 is 0 Å². The lowest BCUT2D eigenvalue weighted by molar-refractivity contribution is 0.456. The van der Waals surface area contributed by atoms with E-state index in [9.17, 15) is 0 Å². The third-order valence-corrected chi connectivity index (χ3v) is 4.61. The first-order chi connectivity index (χ1) is 9.65. The van der Waals surface area contributed by atoms with Crippen molar-refractivity contribution in [3.63, 3.8) is 0 Å². The molecule has 0 nitrogen and oxygen atoms in total. The van der Waals surface area contributed by atoms with Crippen LogP contribution in [0.25, 0.3) is 0 Å². The summed E-state index contributed by atoms with van der Waals surface area (Å²) in [6.45, 7) is 11.7. The largest absolute Gasteiger partial charge is 0.0853 e. The quantitative estimate of drug-likeness (QED) is 0.241. The van der Waals surface area contributed by atoms with Gasteiger partial charge in [0.1, 0.15) is 0 Å². The summed E-state index contributed by atoms with van der Waals surface area (Å²) in [5.41, 5.74) is 1.67. The first kappa shape index (κ1) is 19.7. The van der Waals surface area contributed by atoms with Crippen LogP contribution in [0.3, 0.4) is 0 Å². The van der Waals surface area contributed by atoms with Crippen LogP contribution >= 0.6 is 0 Å². The third kappa shape index (κ3) is 10.5. The van der Waals surface area contributed by atoms with Crippen molar-refractivity contribution >= 4 is 0 Å². The molecule has 0 aliphatic rings. The predicted molar refractivity (Wildman–Crippen MR) is 94.2 cm³/mol. The van der Waals surface area contributed by atoms with Gasteiger partial charge in [0, 0.05) is 0 Å². The fourth-order valence-electron chi connectivity index (χ4n) is 3.06. The lowest BCUT2D eigenvalue weighted by Gasteiger charge is -2.17. The summed E-state index contributed by atoms with van der Waals surface area (Å²) in [7, 11) is 0. The molecule has 0 aromatic carbocycles. The van der Waals surface area contributed by atoms with Crippen LogP contribution in [-0.4, -0.2) is 0 Å². The van der Waals surface area contributed by atoms with E-state index in [0.717, 1.165) is 11.8 Å². The van der Waals surface area contributed by atoms with Gasteiger partial charge in [0.05, 0.1) is 0 Å². The molecule has 0 rings (SSSR count). The van der Waals surface area contributed by atoms with Gasteiger partial charge >= 0.3 is 0 Å². The maximum atomic E-state index is 2.54. The fraction of sp³-hybridized carbons (Fsp3) is 0.900. The van der Waals surface area contributed by atoms with E-state index >= 15 is 0 Å². The molecule has 0 aliphatic carbocycles. The highest BCUT2D eigenvalue weighted by atomic mass is 14.1. The molecule has 0 bridgehead atoms. The van der Waals surface area contributed by atoms with E-state index in [0.29, 0.717) is 0 Å². The summed E-state index contributed by atoms with van der Waals surface area (Å²) in [5.74, 6) is 1.78. The van der Waals surface area contributed by atoms with Crippen molar-refractivity contribution in [2.75, 3.05) is 0 Å². The zero-order valence-electron chi connectivity index (χ0n) is 15.0. The maximum Gasteiger partial charge on any atom is -0.0206 e. The van der Waals surface area contributed by atoms with Crippen LogP contribution in [0.15, 0.2) is 11.6 Å². The van der Waals surface area contributed by atoms with Crippen molar-refractivity contribution in [3.8, 4) is 0 Å². The molecule has 2 unspecified atom stereocenters. The molecule has 120 valence electrons. The molecule has 0 heterocycles. The number of hydrogen-bond acceptors (Lipinski definition) is 0. The number of hydrogen-bond donors (Lipinski definition) is 0. The van der Waals surface area contributed by atoms with Crippen LogP contribution in [0.5, 0.6) is 0 Å². The monoisotopic (exact) mass is 280 g/mol. The average Bonchev–Trinajstić information content (AvgIpc) is 2.45. The highest BCUT2D eigenvalue weighted by Crippen LogP contribution is 2.24. The van der Waals surface area contributed by atoms with Crippen LogP contribution in [0.1, 0.15) is 105 Å². The molecule has 0 amide bonds. The first-order valence-electron chi connectivity index (χ1n) is 9.32. The standard InChI is InChI=1S/C20H40/c1-6-9-14-18(4)15-11-12-16-19(5)20(13-8-3)17-10-7-2/h16,18,20H,6-15,17H2,1-5H3.